The van der Waals surface area contributed by atoms with Crippen LogP contribution in [0.3, 0.4) is 0 Å². The minimum absolute atomic E-state index is 0.147. The largest absolute Gasteiger partial charge is 0.458 e. The summed E-state index contributed by atoms with van der Waals surface area (Å²) in [6.07, 6.45) is -0.461. The molecular weight excluding hydrogens is 196 g/mol. The van der Waals surface area contributed by atoms with E-state index in [-0.39, 0.29) is 12.3 Å². The second-order valence-electron chi connectivity index (χ2n) is 3.74. The number of ether oxygens (including phenoxy) is 2. The van der Waals surface area contributed by atoms with E-state index in [1.54, 1.807) is 18.7 Å². The summed E-state index contributed by atoms with van der Waals surface area (Å²) in [5.74, 6) is -0.414. The molecule has 0 aromatic carbocycles. The standard InChI is InChI=1S/C10H18N2O3/c1-7(2)15-10(13)8(3)12-4-5-14-6-9(12)11/h7,9H,3-6,11H2,1-2H3. The van der Waals surface area contributed by atoms with Gasteiger partial charge in [0.2, 0.25) is 0 Å². The maximum Gasteiger partial charge on any atom is 0.354 e. The van der Waals surface area contributed by atoms with E-state index in [1.165, 1.54) is 0 Å². The summed E-state index contributed by atoms with van der Waals surface area (Å²) in [4.78, 5) is 13.3. The monoisotopic (exact) mass is 214 g/mol. The van der Waals surface area contributed by atoms with Crippen LogP contribution in [0.15, 0.2) is 12.3 Å². The highest BCUT2D eigenvalue weighted by Crippen LogP contribution is 2.11. The lowest BCUT2D eigenvalue weighted by molar-refractivity contribution is -0.145. The Morgan fingerprint density at radius 1 is 1.67 bits per heavy atom. The zero-order chi connectivity index (χ0) is 11.4. The maximum absolute atomic E-state index is 11.5. The minimum atomic E-state index is -0.414. The van der Waals surface area contributed by atoms with E-state index < -0.39 is 5.97 Å². The summed E-state index contributed by atoms with van der Waals surface area (Å²) in [5.41, 5.74) is 6.09. The van der Waals surface area contributed by atoms with Crippen molar-refractivity contribution in [1.82, 2.24) is 4.90 Å². The number of nitrogens with two attached hydrogens (primary N) is 1. The summed E-state index contributed by atoms with van der Waals surface area (Å²) >= 11 is 0. The van der Waals surface area contributed by atoms with Crippen molar-refractivity contribution < 1.29 is 14.3 Å². The third-order valence-electron chi connectivity index (χ3n) is 2.09. The fourth-order valence-corrected chi connectivity index (χ4v) is 1.36. The van der Waals surface area contributed by atoms with Crippen molar-refractivity contribution in [2.24, 2.45) is 5.73 Å². The van der Waals surface area contributed by atoms with Gasteiger partial charge in [-0.25, -0.2) is 4.79 Å². The highest BCUT2D eigenvalue weighted by atomic mass is 16.5. The van der Waals surface area contributed by atoms with Gasteiger partial charge in [0.15, 0.2) is 0 Å². The molecule has 86 valence electrons. The van der Waals surface area contributed by atoms with Gasteiger partial charge in [0, 0.05) is 6.54 Å². The number of morpholine rings is 1. The number of hydrogen-bond donors (Lipinski definition) is 1. The average molecular weight is 214 g/mol. The Balaban J connectivity index is 2.54. The molecular formula is C10H18N2O3. The number of hydrogen-bond acceptors (Lipinski definition) is 5. The molecule has 1 saturated heterocycles. The Labute approximate surface area is 89.8 Å². The number of carbonyl (C=O) groups excluding carboxylic acids is 1. The molecule has 1 aliphatic rings. The second-order valence-corrected chi connectivity index (χ2v) is 3.74. The molecule has 1 heterocycles. The molecule has 0 aromatic heterocycles. The third kappa shape index (κ3) is 3.21. The van der Waals surface area contributed by atoms with Crippen LogP contribution in [-0.4, -0.2) is 42.9 Å². The minimum Gasteiger partial charge on any atom is -0.458 e. The molecule has 0 bridgehead atoms. The summed E-state index contributed by atoms with van der Waals surface area (Å²) in [6.45, 7) is 8.83. The smallest absolute Gasteiger partial charge is 0.354 e. The molecule has 0 spiro atoms. The Kier molecular flexibility index (Phi) is 4.11. The van der Waals surface area contributed by atoms with Crippen molar-refractivity contribution in [3.8, 4) is 0 Å². The van der Waals surface area contributed by atoms with Crippen LogP contribution in [0.2, 0.25) is 0 Å². The Bertz CT molecular complexity index is 253. The lowest BCUT2D eigenvalue weighted by Gasteiger charge is -2.35. The molecule has 1 fully saturated rings. The molecule has 1 rings (SSSR count). The SMILES string of the molecule is C=C(C(=O)OC(C)C)N1CCOCC1N. The topological polar surface area (TPSA) is 64.8 Å². The fraction of sp³-hybridized carbons (Fsp3) is 0.700. The highest BCUT2D eigenvalue weighted by Gasteiger charge is 2.25. The lowest BCUT2D eigenvalue weighted by Crippen LogP contribution is -2.51. The first-order valence-electron chi connectivity index (χ1n) is 5.02. The van der Waals surface area contributed by atoms with Gasteiger partial charge < -0.3 is 20.1 Å². The van der Waals surface area contributed by atoms with E-state index in [1.807, 2.05) is 0 Å². The van der Waals surface area contributed by atoms with Gasteiger partial charge in [0.1, 0.15) is 11.9 Å². The van der Waals surface area contributed by atoms with Gasteiger partial charge in [-0.05, 0) is 13.8 Å². The molecule has 5 heteroatoms. The van der Waals surface area contributed by atoms with Gasteiger partial charge in [-0.3, -0.25) is 0 Å². The van der Waals surface area contributed by atoms with Crippen LogP contribution in [-0.2, 0) is 14.3 Å². The molecule has 2 N–H and O–H groups in total. The van der Waals surface area contributed by atoms with Crippen molar-refractivity contribution in [2.75, 3.05) is 19.8 Å². The molecule has 5 nitrogen and oxygen atoms in total. The van der Waals surface area contributed by atoms with Gasteiger partial charge in [0.05, 0.1) is 19.3 Å². The molecule has 0 aliphatic carbocycles. The fourth-order valence-electron chi connectivity index (χ4n) is 1.36. The normalized spacial score (nSPS) is 21.6. The van der Waals surface area contributed by atoms with Crippen LogP contribution >= 0.6 is 0 Å². The van der Waals surface area contributed by atoms with E-state index in [4.69, 9.17) is 15.2 Å². The zero-order valence-corrected chi connectivity index (χ0v) is 9.23. The van der Waals surface area contributed by atoms with Crippen LogP contribution in [0.4, 0.5) is 0 Å². The first kappa shape index (κ1) is 12.0. The molecule has 0 radical (unpaired) electrons. The van der Waals surface area contributed by atoms with Crippen molar-refractivity contribution >= 4 is 5.97 Å². The summed E-state index contributed by atoms with van der Waals surface area (Å²) < 4.78 is 10.2. The number of esters is 1. The van der Waals surface area contributed by atoms with Gasteiger partial charge >= 0.3 is 5.97 Å². The molecule has 1 atom stereocenters. The van der Waals surface area contributed by atoms with Crippen molar-refractivity contribution in [3.63, 3.8) is 0 Å². The predicted molar refractivity (Wildman–Crippen MR) is 55.9 cm³/mol. The average Bonchev–Trinajstić information content (AvgIpc) is 2.16. The van der Waals surface area contributed by atoms with Crippen molar-refractivity contribution in [2.45, 2.75) is 26.1 Å². The Hall–Kier alpha value is -1.07. The van der Waals surface area contributed by atoms with Crippen molar-refractivity contribution in [3.05, 3.63) is 12.3 Å². The van der Waals surface area contributed by atoms with Gasteiger partial charge in [0.25, 0.3) is 0 Å². The van der Waals surface area contributed by atoms with Gasteiger partial charge in [-0.1, -0.05) is 6.58 Å². The Morgan fingerprint density at radius 3 is 2.87 bits per heavy atom. The van der Waals surface area contributed by atoms with Crippen LogP contribution in [0.25, 0.3) is 0 Å². The van der Waals surface area contributed by atoms with E-state index in [0.29, 0.717) is 25.5 Å². The highest BCUT2D eigenvalue weighted by molar-refractivity contribution is 5.87. The summed E-state index contributed by atoms with van der Waals surface area (Å²) in [6, 6.07) is 0. The van der Waals surface area contributed by atoms with Gasteiger partial charge in [-0.15, -0.1) is 0 Å². The second kappa shape index (κ2) is 5.14. The molecule has 1 aliphatic heterocycles. The summed E-state index contributed by atoms with van der Waals surface area (Å²) in [5, 5.41) is 0. The van der Waals surface area contributed by atoms with E-state index >= 15 is 0 Å². The first-order valence-corrected chi connectivity index (χ1v) is 5.02. The van der Waals surface area contributed by atoms with E-state index in [2.05, 4.69) is 6.58 Å². The molecule has 1 unspecified atom stereocenters. The molecule has 0 saturated carbocycles. The quantitative estimate of drug-likeness (QED) is 0.532. The number of rotatable bonds is 3. The lowest BCUT2D eigenvalue weighted by atomic mass is 10.3. The summed E-state index contributed by atoms with van der Waals surface area (Å²) in [7, 11) is 0. The van der Waals surface area contributed by atoms with Crippen LogP contribution in [0, 0.1) is 0 Å². The van der Waals surface area contributed by atoms with E-state index in [9.17, 15) is 4.79 Å². The number of carbonyl (C=O) groups is 1. The first-order chi connectivity index (χ1) is 7.02. The molecule has 15 heavy (non-hydrogen) atoms. The molecule has 0 amide bonds. The Morgan fingerprint density at radius 2 is 2.33 bits per heavy atom. The number of nitrogens with zero attached hydrogens (tertiary/aromatic N) is 1. The molecule has 0 aromatic rings. The zero-order valence-electron chi connectivity index (χ0n) is 9.23. The van der Waals surface area contributed by atoms with E-state index in [0.717, 1.165) is 0 Å². The maximum atomic E-state index is 11.5. The van der Waals surface area contributed by atoms with Gasteiger partial charge in [-0.2, -0.15) is 0 Å². The van der Waals surface area contributed by atoms with Crippen LogP contribution in [0.5, 0.6) is 0 Å². The van der Waals surface area contributed by atoms with Crippen LogP contribution < -0.4 is 5.73 Å². The predicted octanol–water partition coefficient (Wildman–Crippen LogP) is 0.0687. The van der Waals surface area contributed by atoms with Crippen LogP contribution in [0.1, 0.15) is 13.8 Å². The third-order valence-corrected chi connectivity index (χ3v) is 2.09. The van der Waals surface area contributed by atoms with Crippen molar-refractivity contribution in [1.29, 1.82) is 0 Å².